The van der Waals surface area contributed by atoms with E-state index in [0.717, 1.165) is 6.42 Å². The van der Waals surface area contributed by atoms with Crippen molar-refractivity contribution in [3.63, 3.8) is 0 Å². The molecule has 1 saturated carbocycles. The second kappa shape index (κ2) is 16.2. The Morgan fingerprint density at radius 3 is 1.96 bits per heavy atom. The first-order valence-electron chi connectivity index (χ1n) is 27.3. The maximum absolute atomic E-state index is 2.92. The Kier molecular flexibility index (Phi) is 10.3. The molecular formula is C69H70BN3S. The van der Waals surface area contributed by atoms with Gasteiger partial charge in [0.05, 0.1) is 5.54 Å². The highest BCUT2D eigenvalue weighted by molar-refractivity contribution is 7.25. The van der Waals surface area contributed by atoms with E-state index in [1.54, 1.807) is 0 Å². The maximum atomic E-state index is 2.92. The lowest BCUT2D eigenvalue weighted by Crippen LogP contribution is -2.64. The lowest BCUT2D eigenvalue weighted by molar-refractivity contribution is 0.195. The zero-order chi connectivity index (χ0) is 51.4. The van der Waals surface area contributed by atoms with Crippen LogP contribution >= 0.6 is 11.3 Å². The Hall–Kier alpha value is -6.56. The van der Waals surface area contributed by atoms with Gasteiger partial charge >= 0.3 is 6.85 Å². The lowest BCUT2D eigenvalue weighted by Gasteiger charge is -2.53. The summed E-state index contributed by atoms with van der Waals surface area (Å²) >= 11 is 1.94. The van der Waals surface area contributed by atoms with Crippen molar-refractivity contribution in [2.75, 3.05) is 14.6 Å². The molecule has 5 heteroatoms. The van der Waals surface area contributed by atoms with Gasteiger partial charge in [0.15, 0.2) is 0 Å². The quantitative estimate of drug-likeness (QED) is 0.159. The van der Waals surface area contributed by atoms with Crippen molar-refractivity contribution in [3.8, 4) is 22.3 Å². The highest BCUT2D eigenvalue weighted by Gasteiger charge is 2.62. The van der Waals surface area contributed by atoms with Crippen LogP contribution in [0.3, 0.4) is 0 Å². The standard InChI is InChI=1S/C69H70BN3S/c1-43-28-29-45(44-22-15-13-16-23-44)34-58(43)71(50-27-21-24-46(35-50)65(2,3)4)51-39-55-52-41-54-53-36-47(66(5,6)7)30-31-61(53)74-62(54)42-59(52)73(49-25-17-14-18-26-49)70-57-38-48(67(8,9)10)37-56-64(57)72(60(40-51)63(55)70)69(12)33-20-19-32-68(56,69)11/h13-18,21-31,34-42H,19-20,32-33H2,1-12H3. The molecule has 13 rings (SSSR count). The van der Waals surface area contributed by atoms with Crippen molar-refractivity contribution >= 4 is 89.1 Å². The molecule has 3 aliphatic heterocycles. The zero-order valence-electron chi connectivity index (χ0n) is 45.7. The van der Waals surface area contributed by atoms with Crippen molar-refractivity contribution in [3.05, 3.63) is 186 Å². The molecule has 4 aliphatic rings. The molecular weight excluding hydrogens is 914 g/mol. The molecule has 0 saturated heterocycles. The van der Waals surface area contributed by atoms with Crippen LogP contribution in [0.2, 0.25) is 0 Å². The summed E-state index contributed by atoms with van der Waals surface area (Å²) in [6.07, 6.45) is 4.78. The Balaban J connectivity index is 1.19. The molecule has 2 atom stereocenters. The first-order valence-corrected chi connectivity index (χ1v) is 28.1. The van der Waals surface area contributed by atoms with Crippen LogP contribution < -0.4 is 25.5 Å². The molecule has 8 aromatic carbocycles. The minimum atomic E-state index is -0.148. The molecule has 1 fully saturated rings. The van der Waals surface area contributed by atoms with Gasteiger partial charge in [0.25, 0.3) is 0 Å². The largest absolute Gasteiger partial charge is 0.376 e. The van der Waals surface area contributed by atoms with Gasteiger partial charge in [-0.05, 0) is 165 Å². The Bertz CT molecular complexity index is 3760. The van der Waals surface area contributed by atoms with Gasteiger partial charge in [0.2, 0.25) is 0 Å². The predicted molar refractivity (Wildman–Crippen MR) is 322 cm³/mol. The fraction of sp³-hybridized carbons (Fsp3) is 0.304. The van der Waals surface area contributed by atoms with E-state index in [2.05, 4.69) is 255 Å². The predicted octanol–water partition coefficient (Wildman–Crippen LogP) is 18.4. The van der Waals surface area contributed by atoms with Crippen LogP contribution in [-0.2, 0) is 21.7 Å². The summed E-state index contributed by atoms with van der Waals surface area (Å²) in [5, 5.41) is 2.69. The number of benzene rings is 8. The van der Waals surface area contributed by atoms with Crippen LogP contribution in [0.5, 0.6) is 0 Å². The number of hydrogen-bond acceptors (Lipinski definition) is 4. The minimum absolute atomic E-state index is 0.0305. The van der Waals surface area contributed by atoms with Crippen molar-refractivity contribution in [2.24, 2.45) is 0 Å². The minimum Gasteiger partial charge on any atom is -0.376 e. The SMILES string of the molecule is Cc1ccc(-c2ccccc2)cc1N(c1cccc(C(C)(C)C)c1)c1cc2c3c(c1)N1c4c(cc(C(C)(C)C)cc4C4(C)CCCCC14C)B3N(c1ccccc1)c1cc3sc4ccc(C(C)(C)C)cc4c3cc1-2. The Labute approximate surface area is 445 Å². The first-order chi connectivity index (χ1) is 35.2. The van der Waals surface area contributed by atoms with Crippen molar-refractivity contribution < 1.29 is 0 Å². The van der Waals surface area contributed by atoms with Gasteiger partial charge < -0.3 is 14.6 Å². The van der Waals surface area contributed by atoms with Gasteiger partial charge in [-0.2, -0.15) is 0 Å². The second-order valence-corrected chi connectivity index (χ2v) is 26.9. The first kappa shape index (κ1) is 47.2. The number of anilines is 7. The molecule has 1 aliphatic carbocycles. The summed E-state index contributed by atoms with van der Waals surface area (Å²) in [6, 6.07) is 61.6. The molecule has 4 heterocycles. The van der Waals surface area contributed by atoms with Gasteiger partial charge in [-0.3, -0.25) is 0 Å². The number of fused-ring (bicyclic) bond motifs is 10. The van der Waals surface area contributed by atoms with Gasteiger partial charge in [-0.25, -0.2) is 0 Å². The summed E-state index contributed by atoms with van der Waals surface area (Å²) in [4.78, 5) is 8.27. The molecule has 0 spiro atoms. The molecule has 0 amide bonds. The summed E-state index contributed by atoms with van der Waals surface area (Å²) in [5.74, 6) is 0. The lowest BCUT2D eigenvalue weighted by atomic mass is 9.43. The second-order valence-electron chi connectivity index (χ2n) is 25.8. The topological polar surface area (TPSA) is 9.72 Å². The molecule has 1 aromatic heterocycles. The third-order valence-electron chi connectivity index (χ3n) is 18.1. The van der Waals surface area contributed by atoms with E-state index in [9.17, 15) is 0 Å². The fourth-order valence-electron chi connectivity index (χ4n) is 13.7. The Morgan fingerprint density at radius 2 is 1.23 bits per heavy atom. The van der Waals surface area contributed by atoms with E-state index < -0.39 is 0 Å². The average molecular weight is 984 g/mol. The fourth-order valence-corrected chi connectivity index (χ4v) is 14.8. The number of thiophene rings is 1. The molecule has 74 heavy (non-hydrogen) atoms. The van der Waals surface area contributed by atoms with Crippen molar-refractivity contribution in [2.45, 2.75) is 136 Å². The molecule has 0 N–H and O–H groups in total. The number of rotatable bonds is 5. The highest BCUT2D eigenvalue weighted by atomic mass is 32.1. The van der Waals surface area contributed by atoms with Gasteiger partial charge in [0, 0.05) is 71.0 Å². The number of hydrogen-bond donors (Lipinski definition) is 0. The monoisotopic (exact) mass is 984 g/mol. The average Bonchev–Trinajstić information content (AvgIpc) is 3.91. The molecule has 0 radical (unpaired) electrons. The van der Waals surface area contributed by atoms with E-state index in [0.29, 0.717) is 0 Å². The van der Waals surface area contributed by atoms with E-state index in [-0.39, 0.29) is 34.0 Å². The molecule has 370 valence electrons. The molecule has 9 aromatic rings. The third kappa shape index (κ3) is 6.97. The van der Waals surface area contributed by atoms with Crippen LogP contribution in [0.4, 0.5) is 39.8 Å². The Morgan fingerprint density at radius 1 is 0.541 bits per heavy atom. The smallest absolute Gasteiger partial charge is 0.333 e. The molecule has 3 nitrogen and oxygen atoms in total. The molecule has 0 bridgehead atoms. The van der Waals surface area contributed by atoms with Gasteiger partial charge in [0.1, 0.15) is 0 Å². The van der Waals surface area contributed by atoms with Crippen LogP contribution in [0.1, 0.15) is 130 Å². The highest BCUT2D eigenvalue weighted by Crippen LogP contribution is 2.63. The van der Waals surface area contributed by atoms with Crippen LogP contribution in [0, 0.1) is 6.92 Å². The van der Waals surface area contributed by atoms with Crippen molar-refractivity contribution in [1.29, 1.82) is 0 Å². The van der Waals surface area contributed by atoms with Crippen LogP contribution in [-0.4, -0.2) is 12.4 Å². The zero-order valence-corrected chi connectivity index (χ0v) is 46.5. The van der Waals surface area contributed by atoms with Gasteiger partial charge in [-0.1, -0.05) is 173 Å². The van der Waals surface area contributed by atoms with Gasteiger partial charge in [-0.15, -0.1) is 11.3 Å². The number of nitrogens with zero attached hydrogens (tertiary/aromatic N) is 3. The summed E-state index contributed by atoms with van der Waals surface area (Å²) in [5.41, 5.74) is 23.4. The molecule has 2 unspecified atom stereocenters. The third-order valence-corrected chi connectivity index (χ3v) is 19.3. The maximum Gasteiger partial charge on any atom is 0.333 e. The van der Waals surface area contributed by atoms with E-state index in [4.69, 9.17) is 0 Å². The summed E-state index contributed by atoms with van der Waals surface area (Å²) in [6.45, 7) is 28.8. The summed E-state index contributed by atoms with van der Waals surface area (Å²) in [7, 11) is 0. The summed E-state index contributed by atoms with van der Waals surface area (Å²) < 4.78 is 2.67. The van der Waals surface area contributed by atoms with E-state index in [1.807, 2.05) is 11.3 Å². The van der Waals surface area contributed by atoms with Crippen LogP contribution in [0.15, 0.2) is 158 Å². The van der Waals surface area contributed by atoms with E-state index in [1.165, 1.54) is 140 Å². The normalized spacial score (nSPS) is 18.9. The van der Waals surface area contributed by atoms with Crippen LogP contribution in [0.25, 0.3) is 42.4 Å². The van der Waals surface area contributed by atoms with E-state index >= 15 is 0 Å². The van der Waals surface area contributed by atoms with Crippen molar-refractivity contribution in [1.82, 2.24) is 0 Å². The number of aryl methyl sites for hydroxylation is 1. The number of para-hydroxylation sites is 1.